The summed E-state index contributed by atoms with van der Waals surface area (Å²) in [5, 5.41) is 2.29. The molecule has 3 rings (SSSR count). The second kappa shape index (κ2) is 8.72. The molecule has 6 nitrogen and oxygen atoms in total. The number of nitrogens with one attached hydrogen (secondary N) is 1. The molecule has 8 heteroatoms. The minimum Gasteiger partial charge on any atom is -0.487 e. The van der Waals surface area contributed by atoms with E-state index in [9.17, 15) is 14.4 Å². The number of amides is 4. The molecular formula is C19H18I2N2O4. The number of halogens is 2. The lowest BCUT2D eigenvalue weighted by atomic mass is 10.1. The van der Waals surface area contributed by atoms with Gasteiger partial charge in [0, 0.05) is 6.04 Å². The first kappa shape index (κ1) is 20.3. The van der Waals surface area contributed by atoms with Crippen molar-refractivity contribution in [1.29, 1.82) is 0 Å². The second-order valence-corrected chi connectivity index (χ2v) is 8.67. The van der Waals surface area contributed by atoms with Gasteiger partial charge in [0.15, 0.2) is 0 Å². The largest absolute Gasteiger partial charge is 0.487 e. The minimum absolute atomic E-state index is 0.0205. The molecule has 1 aliphatic carbocycles. The third kappa shape index (κ3) is 4.36. The fourth-order valence-corrected chi connectivity index (χ4v) is 5.40. The highest BCUT2D eigenvalue weighted by molar-refractivity contribution is 14.1. The Labute approximate surface area is 184 Å². The van der Waals surface area contributed by atoms with Gasteiger partial charge in [0.05, 0.1) is 7.14 Å². The van der Waals surface area contributed by atoms with Crippen LogP contribution in [0.1, 0.15) is 31.2 Å². The van der Waals surface area contributed by atoms with Crippen LogP contribution in [0.4, 0.5) is 4.79 Å². The maximum atomic E-state index is 12.9. The number of hydrogen-bond acceptors (Lipinski definition) is 4. The standard InChI is InChI=1S/C19H18I2N2O4/c1-2-7-27-16-14(20)9-11(10-15(16)21)8-13-17(24)22-19(26)23(18(13)25)12-5-3-4-6-12/h2,8-10,12H,1,3-7H2,(H,22,24,26)/b13-8+. The van der Waals surface area contributed by atoms with E-state index in [0.717, 1.165) is 38.6 Å². The van der Waals surface area contributed by atoms with Gasteiger partial charge in [-0.1, -0.05) is 25.5 Å². The van der Waals surface area contributed by atoms with Gasteiger partial charge < -0.3 is 4.74 Å². The topological polar surface area (TPSA) is 75.7 Å². The van der Waals surface area contributed by atoms with Crippen molar-refractivity contribution >= 4 is 69.1 Å². The molecule has 0 atom stereocenters. The Morgan fingerprint density at radius 1 is 1.19 bits per heavy atom. The Kier molecular flexibility index (Phi) is 6.56. The van der Waals surface area contributed by atoms with E-state index >= 15 is 0 Å². The lowest BCUT2D eigenvalue weighted by Crippen LogP contribution is -2.57. The van der Waals surface area contributed by atoms with Crippen molar-refractivity contribution in [2.24, 2.45) is 0 Å². The molecule has 142 valence electrons. The van der Waals surface area contributed by atoms with Crippen molar-refractivity contribution in [2.75, 3.05) is 6.61 Å². The van der Waals surface area contributed by atoms with Gasteiger partial charge >= 0.3 is 6.03 Å². The lowest BCUT2D eigenvalue weighted by Gasteiger charge is -2.31. The van der Waals surface area contributed by atoms with Crippen LogP contribution in [0.25, 0.3) is 6.08 Å². The van der Waals surface area contributed by atoms with Gasteiger partial charge in [-0.05, 0) is 81.8 Å². The van der Waals surface area contributed by atoms with Gasteiger partial charge in [-0.2, -0.15) is 0 Å². The van der Waals surface area contributed by atoms with Crippen LogP contribution in [-0.2, 0) is 9.59 Å². The number of benzene rings is 1. The molecule has 0 aromatic heterocycles. The van der Waals surface area contributed by atoms with Gasteiger partial charge in [-0.3, -0.25) is 19.8 Å². The normalized spacial score (nSPS) is 19.6. The van der Waals surface area contributed by atoms with Crippen LogP contribution < -0.4 is 10.1 Å². The van der Waals surface area contributed by atoms with Crippen molar-refractivity contribution in [3.05, 3.63) is 43.1 Å². The molecule has 0 unspecified atom stereocenters. The Hall–Kier alpha value is -1.43. The SMILES string of the molecule is C=CCOc1c(I)cc(/C=C2\C(=O)NC(=O)N(C3CCCC3)C2=O)cc1I. The molecule has 2 fully saturated rings. The summed E-state index contributed by atoms with van der Waals surface area (Å²) in [5.41, 5.74) is 0.682. The molecule has 1 saturated heterocycles. The Bertz CT molecular complexity index is 821. The smallest absolute Gasteiger partial charge is 0.331 e. The molecule has 0 bridgehead atoms. The van der Waals surface area contributed by atoms with Gasteiger partial charge in [-0.25, -0.2) is 4.79 Å². The van der Waals surface area contributed by atoms with Gasteiger partial charge in [-0.15, -0.1) is 0 Å². The lowest BCUT2D eigenvalue weighted by molar-refractivity contribution is -0.131. The maximum absolute atomic E-state index is 12.9. The van der Waals surface area contributed by atoms with Crippen LogP contribution in [0, 0.1) is 7.14 Å². The quantitative estimate of drug-likeness (QED) is 0.244. The van der Waals surface area contributed by atoms with Crippen molar-refractivity contribution in [2.45, 2.75) is 31.7 Å². The summed E-state index contributed by atoms with van der Waals surface area (Å²) >= 11 is 4.30. The molecule has 1 heterocycles. The summed E-state index contributed by atoms with van der Waals surface area (Å²) < 4.78 is 7.37. The number of nitrogens with zero attached hydrogens (tertiary/aromatic N) is 1. The van der Waals surface area contributed by atoms with E-state index < -0.39 is 17.8 Å². The third-order valence-electron chi connectivity index (χ3n) is 4.50. The highest BCUT2D eigenvalue weighted by atomic mass is 127. The number of hydrogen-bond donors (Lipinski definition) is 1. The zero-order chi connectivity index (χ0) is 19.6. The fraction of sp³-hybridized carbons (Fsp3) is 0.316. The van der Waals surface area contributed by atoms with Crippen molar-refractivity contribution < 1.29 is 19.1 Å². The highest BCUT2D eigenvalue weighted by Gasteiger charge is 2.40. The van der Waals surface area contributed by atoms with Crippen LogP contribution >= 0.6 is 45.2 Å². The van der Waals surface area contributed by atoms with E-state index in [1.165, 1.54) is 11.0 Å². The molecular weight excluding hydrogens is 574 g/mol. The predicted molar refractivity (Wildman–Crippen MR) is 118 cm³/mol. The molecule has 2 aliphatic rings. The first-order valence-corrected chi connectivity index (χ1v) is 10.7. The van der Waals surface area contributed by atoms with Gasteiger partial charge in [0.25, 0.3) is 11.8 Å². The van der Waals surface area contributed by atoms with Crippen molar-refractivity contribution in [1.82, 2.24) is 10.2 Å². The van der Waals surface area contributed by atoms with E-state index in [1.807, 2.05) is 12.1 Å². The molecule has 0 spiro atoms. The van der Waals surface area contributed by atoms with Crippen LogP contribution in [0.2, 0.25) is 0 Å². The van der Waals surface area contributed by atoms with Crippen LogP contribution in [0.15, 0.2) is 30.4 Å². The average Bonchev–Trinajstić information content (AvgIpc) is 3.12. The molecule has 1 aromatic carbocycles. The first-order chi connectivity index (χ1) is 12.9. The fourth-order valence-electron chi connectivity index (χ4n) is 3.27. The Morgan fingerprint density at radius 3 is 2.41 bits per heavy atom. The predicted octanol–water partition coefficient (Wildman–Crippen LogP) is 3.87. The summed E-state index contributed by atoms with van der Waals surface area (Å²) in [6, 6.07) is 2.92. The number of carbonyl (C=O) groups is 3. The maximum Gasteiger partial charge on any atom is 0.331 e. The molecule has 1 N–H and O–H groups in total. The Morgan fingerprint density at radius 2 is 1.81 bits per heavy atom. The van der Waals surface area contributed by atoms with E-state index in [4.69, 9.17) is 4.74 Å². The second-order valence-electron chi connectivity index (χ2n) is 6.34. The number of rotatable bonds is 5. The minimum atomic E-state index is -0.656. The van der Waals surface area contributed by atoms with E-state index in [0.29, 0.717) is 12.2 Å². The van der Waals surface area contributed by atoms with Gasteiger partial charge in [0.2, 0.25) is 0 Å². The summed E-state index contributed by atoms with van der Waals surface area (Å²) in [6.45, 7) is 4.03. The molecule has 0 radical (unpaired) electrons. The van der Waals surface area contributed by atoms with E-state index in [2.05, 4.69) is 57.1 Å². The summed E-state index contributed by atoms with van der Waals surface area (Å²) in [5.74, 6) is -0.440. The summed E-state index contributed by atoms with van der Waals surface area (Å²) in [4.78, 5) is 38.5. The summed E-state index contributed by atoms with van der Waals surface area (Å²) in [7, 11) is 0. The number of ether oxygens (including phenoxy) is 1. The molecule has 4 amide bonds. The summed E-state index contributed by atoms with van der Waals surface area (Å²) in [6.07, 6.45) is 6.74. The van der Waals surface area contributed by atoms with Crippen LogP contribution in [0.5, 0.6) is 5.75 Å². The first-order valence-electron chi connectivity index (χ1n) is 8.55. The zero-order valence-electron chi connectivity index (χ0n) is 14.5. The van der Waals surface area contributed by atoms with E-state index in [-0.39, 0.29) is 11.6 Å². The monoisotopic (exact) mass is 592 g/mol. The molecule has 1 saturated carbocycles. The molecule has 1 aliphatic heterocycles. The van der Waals surface area contributed by atoms with Crippen molar-refractivity contribution in [3.63, 3.8) is 0 Å². The molecule has 27 heavy (non-hydrogen) atoms. The number of urea groups is 1. The third-order valence-corrected chi connectivity index (χ3v) is 6.10. The van der Waals surface area contributed by atoms with Crippen LogP contribution in [0.3, 0.4) is 0 Å². The average molecular weight is 592 g/mol. The number of imide groups is 2. The van der Waals surface area contributed by atoms with E-state index in [1.54, 1.807) is 6.08 Å². The zero-order valence-corrected chi connectivity index (χ0v) is 18.8. The van der Waals surface area contributed by atoms with Crippen molar-refractivity contribution in [3.8, 4) is 5.75 Å². The highest BCUT2D eigenvalue weighted by Crippen LogP contribution is 2.31. The van der Waals surface area contributed by atoms with Gasteiger partial charge in [0.1, 0.15) is 17.9 Å². The Balaban J connectivity index is 1.92. The number of barbiturate groups is 1. The molecule has 1 aromatic rings. The number of carbonyl (C=O) groups excluding carboxylic acids is 3. The van der Waals surface area contributed by atoms with Crippen LogP contribution in [-0.4, -0.2) is 35.4 Å².